The minimum Gasteiger partial charge on any atom is -0.378 e. The number of carbonyl (C=O) groups excluding carboxylic acids is 1. The van der Waals surface area contributed by atoms with Gasteiger partial charge in [-0.2, -0.15) is 0 Å². The summed E-state index contributed by atoms with van der Waals surface area (Å²) in [6.07, 6.45) is 0. The van der Waals surface area contributed by atoms with Gasteiger partial charge in [-0.3, -0.25) is 4.79 Å². The predicted octanol–water partition coefficient (Wildman–Crippen LogP) is 4.06. The molecule has 1 atom stereocenters. The van der Waals surface area contributed by atoms with E-state index in [1.54, 1.807) is 25.1 Å². The van der Waals surface area contributed by atoms with Crippen molar-refractivity contribution in [2.45, 2.75) is 19.9 Å². The van der Waals surface area contributed by atoms with Crippen LogP contribution in [0.4, 0.5) is 10.1 Å². The summed E-state index contributed by atoms with van der Waals surface area (Å²) in [7, 11) is 0. The molecular formula is C16H16ClFN2O. The van der Waals surface area contributed by atoms with Gasteiger partial charge in [0.25, 0.3) is 0 Å². The summed E-state index contributed by atoms with van der Waals surface area (Å²) >= 11 is 5.86. The number of hydrogen-bond donors (Lipinski definition) is 2. The molecule has 0 aliphatic carbocycles. The number of nitrogens with two attached hydrogens (primary N) is 1. The van der Waals surface area contributed by atoms with Crippen molar-refractivity contribution in [1.29, 1.82) is 0 Å². The van der Waals surface area contributed by atoms with Crippen molar-refractivity contribution in [3.8, 4) is 0 Å². The zero-order valence-corrected chi connectivity index (χ0v) is 12.5. The molecule has 1 amide bonds. The minimum atomic E-state index is -0.656. The summed E-state index contributed by atoms with van der Waals surface area (Å²) in [5.74, 6) is -1.12. The quantitative estimate of drug-likeness (QED) is 0.895. The van der Waals surface area contributed by atoms with Crippen molar-refractivity contribution in [3.05, 3.63) is 63.9 Å². The zero-order valence-electron chi connectivity index (χ0n) is 11.8. The van der Waals surface area contributed by atoms with Gasteiger partial charge in [0.15, 0.2) is 0 Å². The summed E-state index contributed by atoms with van der Waals surface area (Å²) < 4.78 is 13.8. The molecule has 2 aromatic rings. The number of primary amides is 1. The number of carbonyl (C=O) groups is 1. The lowest BCUT2D eigenvalue weighted by molar-refractivity contribution is 0.1000. The number of nitrogens with one attached hydrogen (secondary N) is 1. The molecule has 3 N–H and O–H groups in total. The highest BCUT2D eigenvalue weighted by atomic mass is 35.5. The van der Waals surface area contributed by atoms with Gasteiger partial charge < -0.3 is 11.1 Å². The van der Waals surface area contributed by atoms with E-state index < -0.39 is 11.7 Å². The number of amides is 1. The van der Waals surface area contributed by atoms with Crippen molar-refractivity contribution in [3.63, 3.8) is 0 Å². The van der Waals surface area contributed by atoms with Crippen LogP contribution in [0.25, 0.3) is 0 Å². The van der Waals surface area contributed by atoms with Gasteiger partial charge in [0.1, 0.15) is 5.82 Å². The Morgan fingerprint density at radius 3 is 2.48 bits per heavy atom. The Labute approximate surface area is 127 Å². The molecule has 3 nitrogen and oxygen atoms in total. The molecule has 0 saturated heterocycles. The molecular weight excluding hydrogens is 291 g/mol. The summed E-state index contributed by atoms with van der Waals surface area (Å²) in [5.41, 5.74) is 7.35. The van der Waals surface area contributed by atoms with E-state index in [-0.39, 0.29) is 11.6 Å². The molecule has 110 valence electrons. The molecule has 21 heavy (non-hydrogen) atoms. The second kappa shape index (κ2) is 6.14. The first-order valence-electron chi connectivity index (χ1n) is 6.50. The van der Waals surface area contributed by atoms with Gasteiger partial charge in [0.05, 0.1) is 0 Å². The van der Waals surface area contributed by atoms with Crippen LogP contribution >= 0.6 is 11.6 Å². The van der Waals surface area contributed by atoms with Crippen LogP contribution < -0.4 is 11.1 Å². The molecule has 1 unspecified atom stereocenters. The molecule has 0 bridgehead atoms. The SMILES string of the molecule is Cc1c(F)cc(C(N)=O)cc1NC(C)c1ccc(Cl)cc1. The molecule has 0 aliphatic heterocycles. The third-order valence-corrected chi connectivity index (χ3v) is 3.62. The molecule has 0 heterocycles. The Kier molecular flexibility index (Phi) is 4.48. The van der Waals surface area contributed by atoms with Crippen LogP contribution in [-0.4, -0.2) is 5.91 Å². The van der Waals surface area contributed by atoms with Gasteiger partial charge in [0.2, 0.25) is 5.91 Å². The van der Waals surface area contributed by atoms with E-state index >= 15 is 0 Å². The fourth-order valence-electron chi connectivity index (χ4n) is 2.04. The molecule has 0 radical (unpaired) electrons. The Bertz CT molecular complexity index is 671. The summed E-state index contributed by atoms with van der Waals surface area (Å²) in [6, 6.07) is 10.0. The molecule has 0 aliphatic rings. The molecule has 5 heteroatoms. The van der Waals surface area contributed by atoms with Gasteiger partial charge in [0, 0.05) is 27.9 Å². The lowest BCUT2D eigenvalue weighted by Gasteiger charge is -2.18. The first kappa shape index (κ1) is 15.3. The van der Waals surface area contributed by atoms with Crippen molar-refractivity contribution in [2.24, 2.45) is 5.73 Å². The van der Waals surface area contributed by atoms with Gasteiger partial charge in [-0.1, -0.05) is 23.7 Å². The Balaban J connectivity index is 2.30. The minimum absolute atomic E-state index is 0.0662. The largest absolute Gasteiger partial charge is 0.378 e. The van der Waals surface area contributed by atoms with Gasteiger partial charge in [-0.25, -0.2) is 4.39 Å². The van der Waals surface area contributed by atoms with E-state index in [1.165, 1.54) is 0 Å². The maximum Gasteiger partial charge on any atom is 0.248 e. The van der Waals surface area contributed by atoms with Crippen LogP contribution in [0.3, 0.4) is 0 Å². The molecule has 0 aromatic heterocycles. The maximum atomic E-state index is 13.8. The third kappa shape index (κ3) is 3.52. The first-order valence-corrected chi connectivity index (χ1v) is 6.88. The predicted molar refractivity (Wildman–Crippen MR) is 83.1 cm³/mol. The van der Waals surface area contributed by atoms with Crippen LogP contribution in [-0.2, 0) is 0 Å². The third-order valence-electron chi connectivity index (χ3n) is 3.37. The zero-order chi connectivity index (χ0) is 15.6. The maximum absolute atomic E-state index is 13.8. The number of anilines is 1. The smallest absolute Gasteiger partial charge is 0.248 e. The summed E-state index contributed by atoms with van der Waals surface area (Å²) in [4.78, 5) is 11.2. The average molecular weight is 307 g/mol. The van der Waals surface area contributed by atoms with E-state index in [1.807, 2.05) is 19.1 Å². The lowest BCUT2D eigenvalue weighted by Crippen LogP contribution is -2.14. The number of hydrogen-bond acceptors (Lipinski definition) is 2. The van der Waals surface area contributed by atoms with Crippen LogP contribution in [0, 0.1) is 12.7 Å². The van der Waals surface area contributed by atoms with Crippen molar-refractivity contribution >= 4 is 23.2 Å². The Morgan fingerprint density at radius 1 is 1.29 bits per heavy atom. The molecule has 0 spiro atoms. The number of rotatable bonds is 4. The highest BCUT2D eigenvalue weighted by Gasteiger charge is 2.13. The van der Waals surface area contributed by atoms with Gasteiger partial charge in [-0.15, -0.1) is 0 Å². The van der Waals surface area contributed by atoms with E-state index in [4.69, 9.17) is 17.3 Å². The van der Waals surface area contributed by atoms with E-state index in [2.05, 4.69) is 5.32 Å². The lowest BCUT2D eigenvalue weighted by atomic mass is 10.1. The average Bonchev–Trinajstić information content (AvgIpc) is 2.44. The Hall–Kier alpha value is -2.07. The van der Waals surface area contributed by atoms with Gasteiger partial charge in [-0.05, 0) is 43.7 Å². The van der Waals surface area contributed by atoms with E-state index in [0.717, 1.165) is 11.6 Å². The van der Waals surface area contributed by atoms with E-state index in [9.17, 15) is 9.18 Å². The monoisotopic (exact) mass is 306 g/mol. The molecule has 0 fully saturated rings. The van der Waals surface area contributed by atoms with Crippen LogP contribution in [0.2, 0.25) is 5.02 Å². The molecule has 2 aromatic carbocycles. The van der Waals surface area contributed by atoms with E-state index in [0.29, 0.717) is 16.3 Å². The fourth-order valence-corrected chi connectivity index (χ4v) is 2.17. The second-order valence-electron chi connectivity index (χ2n) is 4.91. The molecule has 2 rings (SSSR count). The topological polar surface area (TPSA) is 55.1 Å². The normalized spacial score (nSPS) is 12.0. The summed E-state index contributed by atoms with van der Waals surface area (Å²) in [5, 5.41) is 3.85. The summed E-state index contributed by atoms with van der Waals surface area (Å²) in [6.45, 7) is 3.59. The van der Waals surface area contributed by atoms with Gasteiger partial charge >= 0.3 is 0 Å². The Morgan fingerprint density at radius 2 is 1.90 bits per heavy atom. The fraction of sp³-hybridized carbons (Fsp3) is 0.188. The van der Waals surface area contributed by atoms with Crippen LogP contribution in [0.1, 0.15) is 34.5 Å². The number of halogens is 2. The van der Waals surface area contributed by atoms with Crippen molar-refractivity contribution in [2.75, 3.05) is 5.32 Å². The van der Waals surface area contributed by atoms with Crippen LogP contribution in [0.15, 0.2) is 36.4 Å². The van der Waals surface area contributed by atoms with Crippen molar-refractivity contribution in [1.82, 2.24) is 0 Å². The highest BCUT2D eigenvalue weighted by Crippen LogP contribution is 2.26. The number of benzene rings is 2. The standard InChI is InChI=1S/C16H16ClFN2O/c1-9-14(18)7-12(16(19)21)8-15(9)20-10(2)11-3-5-13(17)6-4-11/h3-8,10,20H,1-2H3,(H2,19,21). The first-order chi connectivity index (χ1) is 9.88. The highest BCUT2D eigenvalue weighted by molar-refractivity contribution is 6.30. The second-order valence-corrected chi connectivity index (χ2v) is 5.35. The van der Waals surface area contributed by atoms with Crippen molar-refractivity contribution < 1.29 is 9.18 Å². The molecule has 0 saturated carbocycles. The van der Waals surface area contributed by atoms with Crippen LogP contribution in [0.5, 0.6) is 0 Å².